The van der Waals surface area contributed by atoms with Gasteiger partial charge in [-0.2, -0.15) is 0 Å². The molecule has 0 aliphatic rings. The molecule has 4 nitrogen and oxygen atoms in total. The van der Waals surface area contributed by atoms with Crippen LogP contribution in [0, 0.1) is 0 Å². The van der Waals surface area contributed by atoms with Crippen LogP contribution < -0.4 is 5.69 Å². The third kappa shape index (κ3) is 1.16. The van der Waals surface area contributed by atoms with E-state index in [4.69, 9.17) is 0 Å². The van der Waals surface area contributed by atoms with E-state index in [-0.39, 0.29) is 5.69 Å². The number of fused-ring (bicyclic) bond motifs is 1. The van der Waals surface area contributed by atoms with Crippen LogP contribution in [0.2, 0.25) is 0 Å². The molecule has 1 N–H and O–H groups in total. The molecule has 72 valence electrons. The van der Waals surface area contributed by atoms with Gasteiger partial charge in [0.1, 0.15) is 6.29 Å². The number of benzene rings is 1. The van der Waals surface area contributed by atoms with Gasteiger partial charge < -0.3 is 9.78 Å². The summed E-state index contributed by atoms with van der Waals surface area (Å²) in [5, 5.41) is 0. The summed E-state index contributed by atoms with van der Waals surface area (Å²) in [6.07, 6.45) is 1.18. The van der Waals surface area contributed by atoms with Crippen molar-refractivity contribution in [3.63, 3.8) is 0 Å². The first-order valence-corrected chi connectivity index (χ1v) is 4.34. The summed E-state index contributed by atoms with van der Waals surface area (Å²) in [6, 6.07) is 5.51. The number of carbonyl (C=O) groups is 1. The van der Waals surface area contributed by atoms with Gasteiger partial charge in [0.25, 0.3) is 0 Å². The molecule has 1 heterocycles. The second-order valence-corrected chi connectivity index (χ2v) is 3.17. The molecule has 0 fully saturated rings. The van der Waals surface area contributed by atoms with Crippen LogP contribution in [-0.4, -0.2) is 15.8 Å². The van der Waals surface area contributed by atoms with Crippen molar-refractivity contribution in [3.8, 4) is 0 Å². The molecule has 4 heteroatoms. The molecule has 1 aromatic carbocycles. The van der Waals surface area contributed by atoms with Crippen LogP contribution in [0.25, 0.3) is 11.0 Å². The van der Waals surface area contributed by atoms with E-state index >= 15 is 0 Å². The van der Waals surface area contributed by atoms with Gasteiger partial charge in [0.2, 0.25) is 0 Å². The first-order chi connectivity index (χ1) is 6.74. The van der Waals surface area contributed by atoms with Gasteiger partial charge in [-0.15, -0.1) is 0 Å². The number of aryl methyl sites for hydroxylation is 1. The average Bonchev–Trinajstić information content (AvgIpc) is 2.45. The quantitative estimate of drug-likeness (QED) is 0.705. The summed E-state index contributed by atoms with van der Waals surface area (Å²) in [7, 11) is 1.69. The highest BCUT2D eigenvalue weighted by molar-refractivity contribution is 5.81. The highest BCUT2D eigenvalue weighted by Crippen LogP contribution is 2.14. The fourth-order valence-corrected chi connectivity index (χ4v) is 1.64. The van der Waals surface area contributed by atoms with E-state index in [0.717, 1.165) is 22.9 Å². The first kappa shape index (κ1) is 8.74. The molecule has 0 bridgehead atoms. The van der Waals surface area contributed by atoms with Crippen molar-refractivity contribution in [2.24, 2.45) is 7.05 Å². The van der Waals surface area contributed by atoms with Crippen molar-refractivity contribution in [1.82, 2.24) is 9.55 Å². The van der Waals surface area contributed by atoms with E-state index < -0.39 is 0 Å². The van der Waals surface area contributed by atoms with Crippen molar-refractivity contribution < 1.29 is 4.79 Å². The number of carbonyl (C=O) groups excluding carboxylic acids is 1. The van der Waals surface area contributed by atoms with Gasteiger partial charge in [0.05, 0.1) is 11.0 Å². The zero-order chi connectivity index (χ0) is 10.1. The number of aldehydes is 1. The Kier molecular flexibility index (Phi) is 1.96. The van der Waals surface area contributed by atoms with E-state index in [2.05, 4.69) is 4.98 Å². The summed E-state index contributed by atoms with van der Waals surface area (Å²) in [5.41, 5.74) is 2.30. The molecule has 0 amide bonds. The zero-order valence-electron chi connectivity index (χ0n) is 7.78. The van der Waals surface area contributed by atoms with Crippen LogP contribution >= 0.6 is 0 Å². The number of nitrogens with one attached hydrogen (secondary N) is 1. The summed E-state index contributed by atoms with van der Waals surface area (Å²) in [5.74, 6) is 0. The first-order valence-electron chi connectivity index (χ1n) is 4.34. The normalized spacial score (nSPS) is 10.6. The second kappa shape index (κ2) is 3.14. The van der Waals surface area contributed by atoms with Gasteiger partial charge in [0, 0.05) is 13.5 Å². The molecule has 14 heavy (non-hydrogen) atoms. The van der Waals surface area contributed by atoms with Crippen LogP contribution in [0.4, 0.5) is 0 Å². The lowest BCUT2D eigenvalue weighted by molar-refractivity contribution is -0.107. The molecule has 0 aliphatic carbocycles. The van der Waals surface area contributed by atoms with Crippen LogP contribution in [0.5, 0.6) is 0 Å². The lowest BCUT2D eigenvalue weighted by atomic mass is 10.1. The second-order valence-electron chi connectivity index (χ2n) is 3.17. The predicted octanol–water partition coefficient (Wildman–Crippen LogP) is 0.608. The van der Waals surface area contributed by atoms with E-state index in [9.17, 15) is 9.59 Å². The largest absolute Gasteiger partial charge is 0.326 e. The van der Waals surface area contributed by atoms with Crippen LogP contribution in [0.3, 0.4) is 0 Å². The minimum Gasteiger partial charge on any atom is -0.306 e. The standard InChI is InChI=1S/C10H10N2O2/c1-12-9-7(5-6-13)3-2-4-8(9)11-10(12)14/h2-4,6H,5H2,1H3,(H,11,14). The van der Waals surface area contributed by atoms with Crippen molar-refractivity contribution in [1.29, 1.82) is 0 Å². The third-order valence-corrected chi connectivity index (χ3v) is 2.30. The Balaban J connectivity index is 2.83. The number of aromatic amines is 1. The van der Waals surface area contributed by atoms with Crippen molar-refractivity contribution in [3.05, 3.63) is 34.2 Å². The van der Waals surface area contributed by atoms with Gasteiger partial charge in [-0.3, -0.25) is 4.57 Å². The van der Waals surface area contributed by atoms with Crippen molar-refractivity contribution in [2.75, 3.05) is 0 Å². The van der Waals surface area contributed by atoms with Gasteiger partial charge in [0.15, 0.2) is 0 Å². The Morgan fingerprint density at radius 2 is 2.29 bits per heavy atom. The molecule has 0 aliphatic heterocycles. The molecular weight excluding hydrogens is 180 g/mol. The lowest BCUT2D eigenvalue weighted by Crippen LogP contribution is -2.12. The molecule has 2 rings (SSSR count). The maximum Gasteiger partial charge on any atom is 0.326 e. The number of nitrogens with zero attached hydrogens (tertiary/aromatic N) is 1. The summed E-state index contributed by atoms with van der Waals surface area (Å²) in [4.78, 5) is 24.5. The van der Waals surface area contributed by atoms with Gasteiger partial charge in [-0.1, -0.05) is 12.1 Å². The minimum atomic E-state index is -0.154. The molecule has 0 atom stereocenters. The van der Waals surface area contributed by atoms with Crippen LogP contribution in [-0.2, 0) is 18.3 Å². The minimum absolute atomic E-state index is 0.154. The van der Waals surface area contributed by atoms with E-state index in [1.54, 1.807) is 7.05 Å². The fraction of sp³-hybridized carbons (Fsp3) is 0.200. The maximum atomic E-state index is 11.3. The number of H-pyrrole nitrogens is 1. The van der Waals surface area contributed by atoms with E-state index in [1.165, 1.54) is 4.57 Å². The summed E-state index contributed by atoms with van der Waals surface area (Å²) < 4.78 is 1.52. The Bertz CT molecular complexity index is 537. The molecule has 0 radical (unpaired) electrons. The third-order valence-electron chi connectivity index (χ3n) is 2.30. The summed E-state index contributed by atoms with van der Waals surface area (Å²) in [6.45, 7) is 0. The maximum absolute atomic E-state index is 11.3. The Hall–Kier alpha value is -1.84. The van der Waals surface area contributed by atoms with Gasteiger partial charge in [-0.25, -0.2) is 4.79 Å². The molecule has 0 unspecified atom stereocenters. The number of para-hydroxylation sites is 1. The molecule has 0 spiro atoms. The predicted molar refractivity (Wildman–Crippen MR) is 53.3 cm³/mol. The number of hydrogen-bond donors (Lipinski definition) is 1. The molecule has 2 aromatic rings. The monoisotopic (exact) mass is 190 g/mol. The fourth-order valence-electron chi connectivity index (χ4n) is 1.64. The van der Waals surface area contributed by atoms with Gasteiger partial charge in [-0.05, 0) is 11.6 Å². The van der Waals surface area contributed by atoms with Crippen molar-refractivity contribution >= 4 is 17.3 Å². The summed E-state index contributed by atoms with van der Waals surface area (Å²) >= 11 is 0. The van der Waals surface area contributed by atoms with Crippen LogP contribution in [0.15, 0.2) is 23.0 Å². The molecule has 0 saturated heterocycles. The SMILES string of the molecule is Cn1c(=O)[nH]c2cccc(CC=O)c21. The topological polar surface area (TPSA) is 54.9 Å². The number of aromatic nitrogens is 2. The highest BCUT2D eigenvalue weighted by Gasteiger charge is 2.06. The molecule has 0 saturated carbocycles. The Morgan fingerprint density at radius 3 is 3.00 bits per heavy atom. The van der Waals surface area contributed by atoms with Gasteiger partial charge >= 0.3 is 5.69 Å². The molecular formula is C10H10N2O2. The molecule has 1 aromatic heterocycles. The Labute approximate surface area is 80.2 Å². The average molecular weight is 190 g/mol. The lowest BCUT2D eigenvalue weighted by Gasteiger charge is -1.99. The Morgan fingerprint density at radius 1 is 1.50 bits per heavy atom. The highest BCUT2D eigenvalue weighted by atomic mass is 16.1. The van der Waals surface area contributed by atoms with Crippen LogP contribution in [0.1, 0.15) is 5.56 Å². The van der Waals surface area contributed by atoms with E-state index in [1.807, 2.05) is 18.2 Å². The smallest absolute Gasteiger partial charge is 0.306 e. The number of rotatable bonds is 2. The van der Waals surface area contributed by atoms with Crippen molar-refractivity contribution in [2.45, 2.75) is 6.42 Å². The number of hydrogen-bond acceptors (Lipinski definition) is 2. The van der Waals surface area contributed by atoms with E-state index in [0.29, 0.717) is 6.42 Å². The number of imidazole rings is 1. The zero-order valence-corrected chi connectivity index (χ0v) is 7.78.